The number of rotatable bonds is 5. The summed E-state index contributed by atoms with van der Waals surface area (Å²) in [6.45, 7) is 5.22. The van der Waals surface area contributed by atoms with Gasteiger partial charge in [0.1, 0.15) is 0 Å². The van der Waals surface area contributed by atoms with Crippen LogP contribution in [0.4, 0.5) is 10.5 Å². The Hall–Kier alpha value is -2.55. The molecule has 0 spiro atoms. The van der Waals surface area contributed by atoms with Gasteiger partial charge in [-0.25, -0.2) is 4.79 Å². The van der Waals surface area contributed by atoms with Gasteiger partial charge in [-0.05, 0) is 50.5 Å². The molecule has 0 saturated carbocycles. The molecule has 6 heteroatoms. The van der Waals surface area contributed by atoms with Crippen molar-refractivity contribution in [1.29, 1.82) is 5.26 Å². The van der Waals surface area contributed by atoms with Crippen LogP contribution in [-0.4, -0.2) is 36.0 Å². The monoisotopic (exact) mass is 342 g/mol. The average Bonchev–Trinajstić information content (AvgIpc) is 2.62. The van der Waals surface area contributed by atoms with Crippen molar-refractivity contribution in [3.63, 3.8) is 0 Å². The zero-order valence-electron chi connectivity index (χ0n) is 14.9. The minimum atomic E-state index is -0.205. The van der Waals surface area contributed by atoms with E-state index in [9.17, 15) is 9.59 Å². The number of urea groups is 1. The maximum absolute atomic E-state index is 12.6. The molecular weight excluding hydrogens is 316 g/mol. The molecule has 1 saturated heterocycles. The van der Waals surface area contributed by atoms with Gasteiger partial charge in [-0.3, -0.25) is 4.79 Å². The molecular formula is C19H26N4O2. The van der Waals surface area contributed by atoms with Crippen LogP contribution in [0, 0.1) is 17.2 Å². The van der Waals surface area contributed by atoms with Crippen LogP contribution in [0.15, 0.2) is 24.3 Å². The molecule has 0 unspecified atom stereocenters. The third kappa shape index (κ3) is 5.21. The van der Waals surface area contributed by atoms with Crippen molar-refractivity contribution in [3.8, 4) is 6.07 Å². The number of anilines is 1. The van der Waals surface area contributed by atoms with E-state index >= 15 is 0 Å². The summed E-state index contributed by atoms with van der Waals surface area (Å²) in [7, 11) is 0. The fraction of sp³-hybridized carbons (Fsp3) is 0.526. The fourth-order valence-corrected chi connectivity index (χ4v) is 2.96. The Morgan fingerprint density at radius 3 is 2.64 bits per heavy atom. The molecule has 0 aromatic heterocycles. The first kappa shape index (κ1) is 18.8. The quantitative estimate of drug-likeness (QED) is 0.806. The molecule has 25 heavy (non-hydrogen) atoms. The van der Waals surface area contributed by atoms with Gasteiger partial charge in [0.15, 0.2) is 0 Å². The summed E-state index contributed by atoms with van der Waals surface area (Å²) < 4.78 is 0. The Morgan fingerprint density at radius 1 is 1.28 bits per heavy atom. The first-order valence-corrected chi connectivity index (χ1v) is 8.90. The van der Waals surface area contributed by atoms with Gasteiger partial charge in [0.2, 0.25) is 5.91 Å². The predicted octanol–water partition coefficient (Wildman–Crippen LogP) is 3.11. The summed E-state index contributed by atoms with van der Waals surface area (Å²) in [4.78, 5) is 26.6. The van der Waals surface area contributed by atoms with E-state index < -0.39 is 0 Å². The third-order valence-electron chi connectivity index (χ3n) is 4.61. The van der Waals surface area contributed by atoms with Crippen LogP contribution in [0.5, 0.6) is 0 Å². The van der Waals surface area contributed by atoms with E-state index in [1.165, 1.54) is 0 Å². The summed E-state index contributed by atoms with van der Waals surface area (Å²) >= 11 is 0. The van der Waals surface area contributed by atoms with E-state index in [-0.39, 0.29) is 23.9 Å². The number of unbranched alkanes of at least 4 members (excludes halogenated alkanes) is 1. The summed E-state index contributed by atoms with van der Waals surface area (Å²) in [6, 6.07) is 8.69. The molecule has 0 radical (unpaired) electrons. The van der Waals surface area contributed by atoms with Gasteiger partial charge in [0, 0.05) is 24.8 Å². The summed E-state index contributed by atoms with van der Waals surface area (Å²) in [5.74, 6) is -0.115. The van der Waals surface area contributed by atoms with Gasteiger partial charge < -0.3 is 15.5 Å². The SMILES string of the molecule is CCCCNC(=O)[C@@H]1CC[C@H](C)N(C(=O)Nc2ccc(C#N)cc2)C1. The normalized spacial score (nSPS) is 19.8. The van der Waals surface area contributed by atoms with Gasteiger partial charge in [0.05, 0.1) is 17.6 Å². The van der Waals surface area contributed by atoms with E-state index in [1.54, 1.807) is 29.2 Å². The lowest BCUT2D eigenvalue weighted by Crippen LogP contribution is -2.50. The van der Waals surface area contributed by atoms with Crippen LogP contribution in [0.25, 0.3) is 0 Å². The zero-order valence-corrected chi connectivity index (χ0v) is 14.9. The average molecular weight is 342 g/mol. The van der Waals surface area contributed by atoms with Crippen LogP contribution in [0.1, 0.15) is 45.1 Å². The van der Waals surface area contributed by atoms with Crippen LogP contribution >= 0.6 is 0 Å². The number of hydrogen-bond acceptors (Lipinski definition) is 3. The van der Waals surface area contributed by atoms with Crippen LogP contribution < -0.4 is 10.6 Å². The number of piperidine rings is 1. The lowest BCUT2D eigenvalue weighted by Gasteiger charge is -2.37. The van der Waals surface area contributed by atoms with E-state index in [0.717, 1.165) is 25.7 Å². The highest BCUT2D eigenvalue weighted by atomic mass is 16.2. The van der Waals surface area contributed by atoms with Crippen molar-refractivity contribution in [2.75, 3.05) is 18.4 Å². The predicted molar refractivity (Wildman–Crippen MR) is 97.0 cm³/mol. The molecule has 2 N–H and O–H groups in total. The minimum absolute atomic E-state index is 0.0384. The third-order valence-corrected chi connectivity index (χ3v) is 4.61. The highest BCUT2D eigenvalue weighted by Gasteiger charge is 2.32. The Bertz CT molecular complexity index is 636. The highest BCUT2D eigenvalue weighted by molar-refractivity contribution is 5.90. The Balaban J connectivity index is 1.94. The molecule has 1 aliphatic rings. The van der Waals surface area contributed by atoms with E-state index in [2.05, 4.69) is 17.6 Å². The number of carbonyl (C=O) groups is 2. The molecule has 1 fully saturated rings. The molecule has 1 aromatic carbocycles. The molecule has 2 rings (SSSR count). The number of likely N-dealkylation sites (tertiary alicyclic amines) is 1. The number of hydrogen-bond donors (Lipinski definition) is 2. The molecule has 1 heterocycles. The second-order valence-corrected chi connectivity index (χ2v) is 6.54. The maximum Gasteiger partial charge on any atom is 0.322 e. The maximum atomic E-state index is 12.6. The van der Waals surface area contributed by atoms with Crippen LogP contribution in [0.3, 0.4) is 0 Å². The summed E-state index contributed by atoms with van der Waals surface area (Å²) in [5.41, 5.74) is 1.19. The molecule has 0 aliphatic carbocycles. The lowest BCUT2D eigenvalue weighted by molar-refractivity contribution is -0.126. The van der Waals surface area contributed by atoms with Gasteiger partial charge >= 0.3 is 6.03 Å². The van der Waals surface area contributed by atoms with Gasteiger partial charge in [0.25, 0.3) is 0 Å². The topological polar surface area (TPSA) is 85.2 Å². The van der Waals surface area contributed by atoms with Crippen LogP contribution in [-0.2, 0) is 4.79 Å². The first-order valence-electron chi connectivity index (χ1n) is 8.90. The van der Waals surface area contributed by atoms with Gasteiger partial charge in [-0.15, -0.1) is 0 Å². The van der Waals surface area contributed by atoms with Gasteiger partial charge in [-0.1, -0.05) is 13.3 Å². The molecule has 2 atom stereocenters. The Kier molecular flexibility index (Phi) is 6.81. The van der Waals surface area contributed by atoms with Crippen LogP contribution in [0.2, 0.25) is 0 Å². The fourth-order valence-electron chi connectivity index (χ4n) is 2.96. The van der Waals surface area contributed by atoms with E-state index in [4.69, 9.17) is 5.26 Å². The Labute approximate surface area is 149 Å². The largest absolute Gasteiger partial charge is 0.356 e. The number of carbonyl (C=O) groups excluding carboxylic acids is 2. The molecule has 1 aromatic rings. The van der Waals surface area contributed by atoms with Crippen molar-refractivity contribution in [1.82, 2.24) is 10.2 Å². The van der Waals surface area contributed by atoms with Gasteiger partial charge in [-0.2, -0.15) is 5.26 Å². The molecule has 6 nitrogen and oxygen atoms in total. The summed E-state index contributed by atoms with van der Waals surface area (Å²) in [6.07, 6.45) is 3.63. The van der Waals surface area contributed by atoms with Crippen molar-refractivity contribution in [2.24, 2.45) is 5.92 Å². The number of nitriles is 1. The minimum Gasteiger partial charge on any atom is -0.356 e. The number of nitrogens with one attached hydrogen (secondary N) is 2. The second-order valence-electron chi connectivity index (χ2n) is 6.54. The number of amides is 3. The van der Waals surface area contributed by atoms with E-state index in [1.807, 2.05) is 13.0 Å². The van der Waals surface area contributed by atoms with E-state index in [0.29, 0.717) is 24.3 Å². The smallest absolute Gasteiger partial charge is 0.322 e. The van der Waals surface area contributed by atoms with Crippen molar-refractivity contribution < 1.29 is 9.59 Å². The standard InChI is InChI=1S/C19H26N4O2/c1-3-4-11-21-18(24)16-8-5-14(2)23(13-16)19(25)22-17-9-6-15(12-20)7-10-17/h6-7,9-10,14,16H,3-5,8,11,13H2,1-2H3,(H,21,24)(H,22,25)/t14-,16+/m0/s1. The number of benzene rings is 1. The molecule has 3 amide bonds. The molecule has 1 aliphatic heterocycles. The Morgan fingerprint density at radius 2 is 2.00 bits per heavy atom. The van der Waals surface area contributed by atoms with Crippen molar-refractivity contribution in [2.45, 2.75) is 45.6 Å². The zero-order chi connectivity index (χ0) is 18.2. The lowest BCUT2D eigenvalue weighted by atomic mass is 9.93. The second kappa shape index (κ2) is 9.07. The summed E-state index contributed by atoms with van der Waals surface area (Å²) in [5, 5.41) is 14.6. The number of nitrogens with zero attached hydrogens (tertiary/aromatic N) is 2. The van der Waals surface area contributed by atoms with Crippen molar-refractivity contribution in [3.05, 3.63) is 29.8 Å². The molecule has 0 bridgehead atoms. The highest BCUT2D eigenvalue weighted by Crippen LogP contribution is 2.23. The van der Waals surface area contributed by atoms with Crippen molar-refractivity contribution >= 4 is 17.6 Å². The first-order chi connectivity index (χ1) is 12.0. The molecule has 134 valence electrons.